The van der Waals surface area contributed by atoms with E-state index in [2.05, 4.69) is 4.90 Å². The van der Waals surface area contributed by atoms with Crippen LogP contribution >= 0.6 is 0 Å². The van der Waals surface area contributed by atoms with E-state index in [1.165, 1.54) is 0 Å². The van der Waals surface area contributed by atoms with Crippen LogP contribution in [-0.4, -0.2) is 63.3 Å². The second-order valence-corrected chi connectivity index (χ2v) is 4.93. The lowest BCUT2D eigenvalue weighted by molar-refractivity contribution is -0.309. The van der Waals surface area contributed by atoms with E-state index in [1.54, 1.807) is 12.0 Å². The predicted octanol–water partition coefficient (Wildman–Crippen LogP) is -0.890. The normalized spacial score (nSPS) is 14.8. The molecule has 0 radical (unpaired) electrons. The third-order valence-corrected chi connectivity index (χ3v) is 3.50. The summed E-state index contributed by atoms with van der Waals surface area (Å²) in [6.07, 6.45) is 0. The molecule has 1 amide bonds. The largest absolute Gasteiger partial charge is 0.548 e. The van der Waals surface area contributed by atoms with Gasteiger partial charge in [-0.25, -0.2) is 0 Å². The third kappa shape index (κ3) is 4.36. The lowest BCUT2D eigenvalue weighted by Crippen LogP contribution is -2.50. The maximum Gasteiger partial charge on any atom is 0.248 e. The molecule has 2 rings (SSSR count). The van der Waals surface area contributed by atoms with Crippen molar-refractivity contribution in [3.8, 4) is 5.75 Å². The first-order chi connectivity index (χ1) is 10.6. The summed E-state index contributed by atoms with van der Waals surface area (Å²) in [5.74, 6) is -0.728. The molecular weight excluding hydrogens is 288 g/mol. The highest BCUT2D eigenvalue weighted by Crippen LogP contribution is 2.22. The number of aliphatic carboxylic acids is 1. The topological polar surface area (TPSA) is 82.1 Å². The van der Waals surface area contributed by atoms with Gasteiger partial charge in [0.1, 0.15) is 12.4 Å². The number of anilines is 1. The number of hydrogen-bond acceptors (Lipinski definition) is 6. The molecule has 0 unspecified atom stereocenters. The monoisotopic (exact) mass is 307 g/mol. The molecule has 0 aromatic heterocycles. The summed E-state index contributed by atoms with van der Waals surface area (Å²) in [5, 5.41) is 10.2. The van der Waals surface area contributed by atoms with E-state index in [1.807, 2.05) is 24.3 Å². The van der Waals surface area contributed by atoms with Crippen molar-refractivity contribution in [2.45, 2.75) is 0 Å². The summed E-state index contributed by atoms with van der Waals surface area (Å²) in [5.41, 5.74) is 1.06. The molecule has 1 aromatic rings. The van der Waals surface area contributed by atoms with Crippen LogP contribution in [0.15, 0.2) is 24.3 Å². The number of carbonyl (C=O) groups excluding carboxylic acids is 2. The maximum absolute atomic E-state index is 11.9. The number of carbonyl (C=O) groups is 2. The molecule has 1 aliphatic rings. The Bertz CT molecular complexity index is 526. The quantitative estimate of drug-likeness (QED) is 0.678. The van der Waals surface area contributed by atoms with Crippen molar-refractivity contribution in [1.82, 2.24) is 4.90 Å². The Labute approximate surface area is 129 Å². The standard InChI is InChI=1S/C15H20N2O5/c1-21-13-4-2-3-12(9-13)16-5-7-17(8-6-16)14(18)10-22-11-15(19)20/h2-4,9H,5-8,10-11H2,1H3,(H,19,20)/p-1. The first-order valence-corrected chi connectivity index (χ1v) is 7.04. The summed E-state index contributed by atoms with van der Waals surface area (Å²) in [6, 6.07) is 7.78. The SMILES string of the molecule is COc1cccc(N2CCN(C(=O)COCC(=O)[O-])CC2)c1. The van der Waals surface area contributed by atoms with Gasteiger partial charge in [0, 0.05) is 37.9 Å². The van der Waals surface area contributed by atoms with Crippen LogP contribution in [0.25, 0.3) is 0 Å². The summed E-state index contributed by atoms with van der Waals surface area (Å²) in [6.45, 7) is 1.77. The fourth-order valence-electron chi connectivity index (χ4n) is 2.33. The second-order valence-electron chi connectivity index (χ2n) is 4.93. The highest BCUT2D eigenvalue weighted by Gasteiger charge is 2.21. The van der Waals surface area contributed by atoms with Gasteiger partial charge >= 0.3 is 0 Å². The van der Waals surface area contributed by atoms with Gasteiger partial charge in [-0.2, -0.15) is 0 Å². The molecule has 1 saturated heterocycles. The van der Waals surface area contributed by atoms with E-state index >= 15 is 0 Å². The fourth-order valence-corrected chi connectivity index (χ4v) is 2.33. The van der Waals surface area contributed by atoms with E-state index in [-0.39, 0.29) is 12.5 Å². The summed E-state index contributed by atoms with van der Waals surface area (Å²) in [7, 11) is 1.63. The van der Waals surface area contributed by atoms with Crippen molar-refractivity contribution in [3.05, 3.63) is 24.3 Å². The van der Waals surface area contributed by atoms with E-state index in [0.29, 0.717) is 26.2 Å². The zero-order valence-corrected chi connectivity index (χ0v) is 12.5. The minimum absolute atomic E-state index is 0.202. The first-order valence-electron chi connectivity index (χ1n) is 7.04. The Morgan fingerprint density at radius 3 is 2.55 bits per heavy atom. The lowest BCUT2D eigenvalue weighted by Gasteiger charge is -2.36. The molecule has 1 fully saturated rings. The third-order valence-electron chi connectivity index (χ3n) is 3.50. The number of amides is 1. The van der Waals surface area contributed by atoms with Crippen LogP contribution in [0, 0.1) is 0 Å². The lowest BCUT2D eigenvalue weighted by atomic mass is 10.2. The van der Waals surface area contributed by atoms with Gasteiger partial charge < -0.3 is 29.2 Å². The van der Waals surface area contributed by atoms with E-state index in [9.17, 15) is 14.7 Å². The van der Waals surface area contributed by atoms with Gasteiger partial charge in [0.05, 0.1) is 19.7 Å². The van der Waals surface area contributed by atoms with Crippen LogP contribution in [0.1, 0.15) is 0 Å². The van der Waals surface area contributed by atoms with Crippen LogP contribution in [0.3, 0.4) is 0 Å². The average molecular weight is 307 g/mol. The molecule has 7 nitrogen and oxygen atoms in total. The van der Waals surface area contributed by atoms with Crippen LogP contribution < -0.4 is 14.7 Å². The number of carboxylic acids is 1. The van der Waals surface area contributed by atoms with Crippen LogP contribution in [0.2, 0.25) is 0 Å². The minimum Gasteiger partial charge on any atom is -0.548 e. The van der Waals surface area contributed by atoms with Crippen molar-refractivity contribution in [2.24, 2.45) is 0 Å². The van der Waals surface area contributed by atoms with Gasteiger partial charge in [-0.3, -0.25) is 4.79 Å². The molecule has 120 valence electrons. The highest BCUT2D eigenvalue weighted by molar-refractivity contribution is 5.78. The average Bonchev–Trinajstić information content (AvgIpc) is 2.54. The predicted molar refractivity (Wildman–Crippen MR) is 77.6 cm³/mol. The molecular formula is C15H19N2O5-. The smallest absolute Gasteiger partial charge is 0.248 e. The molecule has 0 bridgehead atoms. The number of benzene rings is 1. The number of ether oxygens (including phenoxy) is 2. The highest BCUT2D eigenvalue weighted by atomic mass is 16.5. The molecule has 1 heterocycles. The molecule has 0 N–H and O–H groups in total. The fraction of sp³-hybridized carbons (Fsp3) is 0.467. The maximum atomic E-state index is 11.9. The Hall–Kier alpha value is -2.28. The molecule has 0 saturated carbocycles. The van der Waals surface area contributed by atoms with Crippen molar-refractivity contribution >= 4 is 17.6 Å². The summed E-state index contributed by atoms with van der Waals surface area (Å²) in [4.78, 5) is 26.0. The molecule has 7 heteroatoms. The first kappa shape index (κ1) is 16.1. The minimum atomic E-state index is -1.32. The molecule has 0 spiro atoms. The van der Waals surface area contributed by atoms with E-state index in [0.717, 1.165) is 11.4 Å². The number of piperazine rings is 1. The van der Waals surface area contributed by atoms with Gasteiger partial charge in [0.25, 0.3) is 0 Å². The molecule has 0 atom stereocenters. The summed E-state index contributed by atoms with van der Waals surface area (Å²) < 4.78 is 9.98. The Morgan fingerprint density at radius 1 is 1.18 bits per heavy atom. The van der Waals surface area contributed by atoms with Gasteiger partial charge in [0.2, 0.25) is 5.91 Å². The zero-order valence-electron chi connectivity index (χ0n) is 12.5. The van der Waals surface area contributed by atoms with Gasteiger partial charge in [0.15, 0.2) is 0 Å². The Morgan fingerprint density at radius 2 is 1.91 bits per heavy atom. The van der Waals surface area contributed by atoms with Crippen molar-refractivity contribution < 1.29 is 24.2 Å². The van der Waals surface area contributed by atoms with Gasteiger partial charge in [-0.05, 0) is 12.1 Å². The van der Waals surface area contributed by atoms with Crippen molar-refractivity contribution in [1.29, 1.82) is 0 Å². The zero-order chi connectivity index (χ0) is 15.9. The molecule has 0 aliphatic carbocycles. The number of methoxy groups -OCH3 is 1. The Kier molecular flexibility index (Phi) is 5.60. The number of carboxylic acid groups (broad SMARTS) is 1. The van der Waals surface area contributed by atoms with E-state index in [4.69, 9.17) is 9.47 Å². The van der Waals surface area contributed by atoms with Gasteiger partial charge in [-0.15, -0.1) is 0 Å². The molecule has 22 heavy (non-hydrogen) atoms. The number of nitrogens with zero attached hydrogens (tertiary/aromatic N) is 2. The van der Waals surface area contributed by atoms with E-state index < -0.39 is 12.6 Å². The Balaban J connectivity index is 1.82. The van der Waals surface area contributed by atoms with Crippen molar-refractivity contribution in [2.75, 3.05) is 51.4 Å². The number of hydrogen-bond donors (Lipinski definition) is 0. The van der Waals surface area contributed by atoms with Crippen LogP contribution in [0.5, 0.6) is 5.75 Å². The second kappa shape index (κ2) is 7.65. The van der Waals surface area contributed by atoms with Crippen LogP contribution in [-0.2, 0) is 14.3 Å². The van der Waals surface area contributed by atoms with Gasteiger partial charge in [-0.1, -0.05) is 6.07 Å². The van der Waals surface area contributed by atoms with Crippen LogP contribution in [0.4, 0.5) is 5.69 Å². The summed E-state index contributed by atoms with van der Waals surface area (Å²) >= 11 is 0. The molecule has 1 aliphatic heterocycles. The van der Waals surface area contributed by atoms with Crippen molar-refractivity contribution in [3.63, 3.8) is 0 Å². The molecule has 1 aromatic carbocycles. The number of rotatable bonds is 6.